The van der Waals surface area contributed by atoms with E-state index >= 15 is 0 Å². The van der Waals surface area contributed by atoms with Crippen LogP contribution in [0.4, 0.5) is 11.6 Å². The fraction of sp³-hybridized carbons (Fsp3) is 0.750. The van der Waals surface area contributed by atoms with Crippen molar-refractivity contribution < 1.29 is 0 Å². The molecule has 0 bridgehead atoms. The van der Waals surface area contributed by atoms with E-state index in [4.69, 9.17) is 0 Å². The number of likely N-dealkylation sites (tertiary alicyclic amines) is 1. The Hall–Kier alpha value is -1.36. The molecular weight excluding hydrogens is 262 g/mol. The van der Waals surface area contributed by atoms with E-state index in [1.54, 1.807) is 6.33 Å². The van der Waals surface area contributed by atoms with E-state index in [0.717, 1.165) is 31.0 Å². The maximum absolute atomic E-state index is 4.43. The Kier molecular flexibility index (Phi) is 6.23. The van der Waals surface area contributed by atoms with E-state index in [1.807, 2.05) is 7.05 Å². The van der Waals surface area contributed by atoms with Gasteiger partial charge >= 0.3 is 0 Å². The molecule has 118 valence electrons. The van der Waals surface area contributed by atoms with Crippen LogP contribution in [0.25, 0.3) is 0 Å². The Morgan fingerprint density at radius 2 is 1.95 bits per heavy atom. The summed E-state index contributed by atoms with van der Waals surface area (Å²) in [5, 5.41) is 6.70. The van der Waals surface area contributed by atoms with E-state index in [0.29, 0.717) is 5.92 Å². The van der Waals surface area contributed by atoms with Gasteiger partial charge in [-0.3, -0.25) is 0 Å². The van der Waals surface area contributed by atoms with Crippen molar-refractivity contribution in [2.24, 2.45) is 5.92 Å². The lowest BCUT2D eigenvalue weighted by molar-refractivity contribution is 0.294. The highest BCUT2D eigenvalue weighted by Gasteiger charge is 2.15. The van der Waals surface area contributed by atoms with Crippen LogP contribution in [0.5, 0.6) is 0 Å². The van der Waals surface area contributed by atoms with Gasteiger partial charge in [0, 0.05) is 25.7 Å². The SMILES string of the molecule is CCCc1c(NC)ncnc1NCC(C)CN1CCCC1. The summed E-state index contributed by atoms with van der Waals surface area (Å²) in [5.41, 5.74) is 1.20. The third-order valence-electron chi connectivity index (χ3n) is 4.07. The lowest BCUT2D eigenvalue weighted by Crippen LogP contribution is -2.29. The Labute approximate surface area is 128 Å². The molecule has 0 saturated carbocycles. The number of anilines is 2. The summed E-state index contributed by atoms with van der Waals surface area (Å²) in [6.45, 7) is 9.18. The van der Waals surface area contributed by atoms with Crippen LogP contribution in [0.15, 0.2) is 6.33 Å². The summed E-state index contributed by atoms with van der Waals surface area (Å²) in [6, 6.07) is 0. The van der Waals surface area contributed by atoms with Crippen LogP contribution >= 0.6 is 0 Å². The zero-order valence-corrected chi connectivity index (χ0v) is 13.7. The minimum absolute atomic E-state index is 0.630. The molecule has 0 aliphatic carbocycles. The second kappa shape index (κ2) is 8.17. The number of nitrogens with one attached hydrogen (secondary N) is 2. The number of hydrogen-bond acceptors (Lipinski definition) is 5. The van der Waals surface area contributed by atoms with Crippen LogP contribution in [-0.2, 0) is 6.42 Å². The summed E-state index contributed by atoms with van der Waals surface area (Å²) < 4.78 is 0. The summed E-state index contributed by atoms with van der Waals surface area (Å²) in [4.78, 5) is 11.3. The number of hydrogen-bond donors (Lipinski definition) is 2. The largest absolute Gasteiger partial charge is 0.373 e. The van der Waals surface area contributed by atoms with Crippen LogP contribution < -0.4 is 10.6 Å². The van der Waals surface area contributed by atoms with Gasteiger partial charge in [-0.25, -0.2) is 9.97 Å². The molecule has 0 radical (unpaired) electrons. The highest BCUT2D eigenvalue weighted by atomic mass is 15.1. The second-order valence-corrected chi connectivity index (χ2v) is 6.04. The Balaban J connectivity index is 1.92. The van der Waals surface area contributed by atoms with Crippen molar-refractivity contribution in [3.8, 4) is 0 Å². The average molecular weight is 291 g/mol. The Bertz CT molecular complexity index is 429. The Morgan fingerprint density at radius 3 is 2.62 bits per heavy atom. The summed E-state index contributed by atoms with van der Waals surface area (Å²) in [6.07, 6.45) is 6.45. The predicted molar refractivity (Wildman–Crippen MR) is 88.9 cm³/mol. The highest BCUT2D eigenvalue weighted by molar-refractivity contribution is 5.57. The molecule has 1 aliphatic rings. The van der Waals surface area contributed by atoms with Crippen molar-refractivity contribution in [3.05, 3.63) is 11.9 Å². The molecular formula is C16H29N5. The molecule has 2 N–H and O–H groups in total. The molecule has 1 aromatic heterocycles. The van der Waals surface area contributed by atoms with E-state index in [2.05, 4.69) is 39.3 Å². The molecule has 5 nitrogen and oxygen atoms in total. The minimum Gasteiger partial charge on any atom is -0.373 e. The zero-order valence-electron chi connectivity index (χ0n) is 13.7. The van der Waals surface area contributed by atoms with Crippen LogP contribution in [0.1, 0.15) is 38.7 Å². The maximum atomic E-state index is 4.43. The fourth-order valence-corrected chi connectivity index (χ4v) is 3.01. The van der Waals surface area contributed by atoms with E-state index in [-0.39, 0.29) is 0 Å². The van der Waals surface area contributed by atoms with Gasteiger partial charge in [0.2, 0.25) is 0 Å². The highest BCUT2D eigenvalue weighted by Crippen LogP contribution is 2.21. The van der Waals surface area contributed by atoms with E-state index in [1.165, 1.54) is 38.0 Å². The summed E-state index contributed by atoms with van der Waals surface area (Å²) in [5.74, 6) is 2.57. The first-order valence-electron chi connectivity index (χ1n) is 8.22. The van der Waals surface area contributed by atoms with Gasteiger partial charge in [0.1, 0.15) is 18.0 Å². The van der Waals surface area contributed by atoms with Gasteiger partial charge in [0.25, 0.3) is 0 Å². The fourth-order valence-electron chi connectivity index (χ4n) is 3.01. The number of aromatic nitrogens is 2. The van der Waals surface area contributed by atoms with Gasteiger partial charge in [-0.05, 0) is 38.3 Å². The first-order valence-corrected chi connectivity index (χ1v) is 8.22. The zero-order chi connectivity index (χ0) is 15.1. The van der Waals surface area contributed by atoms with Gasteiger partial charge in [0.05, 0.1) is 0 Å². The van der Waals surface area contributed by atoms with Crippen molar-refractivity contribution in [1.29, 1.82) is 0 Å². The molecule has 1 saturated heterocycles. The molecule has 1 unspecified atom stereocenters. The molecule has 1 aromatic rings. The molecule has 0 amide bonds. The van der Waals surface area contributed by atoms with Crippen molar-refractivity contribution >= 4 is 11.6 Å². The van der Waals surface area contributed by atoms with Gasteiger partial charge in [-0.1, -0.05) is 20.3 Å². The first kappa shape index (κ1) is 16.0. The molecule has 2 heterocycles. The lowest BCUT2D eigenvalue weighted by atomic mass is 10.1. The van der Waals surface area contributed by atoms with E-state index in [9.17, 15) is 0 Å². The van der Waals surface area contributed by atoms with Crippen molar-refractivity contribution in [2.75, 3.05) is 43.9 Å². The molecule has 21 heavy (non-hydrogen) atoms. The molecule has 1 fully saturated rings. The van der Waals surface area contributed by atoms with Gasteiger partial charge in [-0.15, -0.1) is 0 Å². The summed E-state index contributed by atoms with van der Waals surface area (Å²) in [7, 11) is 1.92. The average Bonchev–Trinajstić information content (AvgIpc) is 2.99. The van der Waals surface area contributed by atoms with Crippen LogP contribution in [0.2, 0.25) is 0 Å². The molecule has 2 rings (SSSR count). The predicted octanol–water partition coefficient (Wildman–Crippen LogP) is 2.61. The van der Waals surface area contributed by atoms with Crippen molar-refractivity contribution in [1.82, 2.24) is 14.9 Å². The van der Waals surface area contributed by atoms with Crippen molar-refractivity contribution in [2.45, 2.75) is 39.5 Å². The quantitative estimate of drug-likeness (QED) is 0.771. The first-order chi connectivity index (χ1) is 10.2. The molecule has 1 aliphatic heterocycles. The van der Waals surface area contributed by atoms with Crippen LogP contribution in [-0.4, -0.2) is 48.1 Å². The monoisotopic (exact) mass is 291 g/mol. The van der Waals surface area contributed by atoms with E-state index < -0.39 is 0 Å². The van der Waals surface area contributed by atoms with Crippen LogP contribution in [0, 0.1) is 5.92 Å². The number of rotatable bonds is 8. The van der Waals surface area contributed by atoms with Gasteiger partial charge in [-0.2, -0.15) is 0 Å². The molecule has 0 spiro atoms. The minimum atomic E-state index is 0.630. The summed E-state index contributed by atoms with van der Waals surface area (Å²) >= 11 is 0. The van der Waals surface area contributed by atoms with Gasteiger partial charge < -0.3 is 15.5 Å². The second-order valence-electron chi connectivity index (χ2n) is 6.04. The third kappa shape index (κ3) is 4.56. The third-order valence-corrected chi connectivity index (χ3v) is 4.07. The number of nitrogens with zero attached hydrogens (tertiary/aromatic N) is 3. The smallest absolute Gasteiger partial charge is 0.134 e. The lowest BCUT2D eigenvalue weighted by Gasteiger charge is -2.21. The van der Waals surface area contributed by atoms with Crippen molar-refractivity contribution in [3.63, 3.8) is 0 Å². The topological polar surface area (TPSA) is 53.1 Å². The molecule has 0 aromatic carbocycles. The van der Waals surface area contributed by atoms with Gasteiger partial charge in [0.15, 0.2) is 0 Å². The van der Waals surface area contributed by atoms with Crippen LogP contribution in [0.3, 0.4) is 0 Å². The normalized spacial score (nSPS) is 16.9. The molecule has 1 atom stereocenters. The standard InChI is InChI=1S/C16H29N5/c1-4-7-14-15(17-3)19-12-20-16(14)18-10-13(2)11-21-8-5-6-9-21/h12-13H,4-11H2,1-3H3,(H2,17,18,19,20). The maximum Gasteiger partial charge on any atom is 0.134 e. The molecule has 5 heteroatoms. The Morgan fingerprint density at radius 1 is 1.24 bits per heavy atom.